The maximum Gasteiger partial charge on any atom is 0.251 e. The van der Waals surface area contributed by atoms with E-state index in [1.54, 1.807) is 23.5 Å². The van der Waals surface area contributed by atoms with Crippen LogP contribution >= 0.6 is 27.3 Å². The molecule has 0 saturated carbocycles. The fourth-order valence-corrected chi connectivity index (χ4v) is 2.74. The molecule has 82 valence electrons. The van der Waals surface area contributed by atoms with Crippen molar-refractivity contribution in [1.29, 1.82) is 0 Å². The topological polar surface area (TPSA) is 29.1 Å². The number of hydrogen-bond donors (Lipinski definition) is 1. The minimum Gasteiger partial charge on any atom is -0.347 e. The summed E-state index contributed by atoms with van der Waals surface area (Å²) in [5, 5.41) is 4.88. The van der Waals surface area contributed by atoms with Gasteiger partial charge in [0.15, 0.2) is 0 Å². The second-order valence-corrected chi connectivity index (χ2v) is 5.10. The Bertz CT molecular complexity index is 481. The Morgan fingerprint density at radius 3 is 2.62 bits per heavy atom. The van der Waals surface area contributed by atoms with E-state index in [1.807, 2.05) is 29.6 Å². The van der Waals surface area contributed by atoms with E-state index in [-0.39, 0.29) is 5.91 Å². The zero-order valence-corrected chi connectivity index (χ0v) is 10.8. The van der Waals surface area contributed by atoms with Crippen LogP contribution in [0.25, 0.3) is 0 Å². The van der Waals surface area contributed by atoms with Gasteiger partial charge in [-0.15, -0.1) is 11.3 Å². The molecule has 1 N–H and O–H groups in total. The van der Waals surface area contributed by atoms with Crippen LogP contribution in [-0.4, -0.2) is 5.91 Å². The van der Waals surface area contributed by atoms with Crippen LogP contribution in [0.3, 0.4) is 0 Å². The number of benzene rings is 1. The molecule has 4 heteroatoms. The number of rotatable bonds is 3. The number of nitrogens with one attached hydrogen (secondary N) is 1. The van der Waals surface area contributed by atoms with Gasteiger partial charge in [-0.2, -0.15) is 0 Å². The quantitative estimate of drug-likeness (QED) is 0.923. The number of carbonyl (C=O) groups is 1. The molecule has 0 atom stereocenters. The van der Waals surface area contributed by atoms with E-state index in [0.717, 1.165) is 9.35 Å². The predicted molar refractivity (Wildman–Crippen MR) is 69.6 cm³/mol. The minimum atomic E-state index is -0.0408. The summed E-state index contributed by atoms with van der Waals surface area (Å²) in [6, 6.07) is 11.2. The molecule has 0 saturated heterocycles. The standard InChI is InChI=1S/C12H10BrNOS/c13-10-6-7-16-11(10)8-14-12(15)9-4-2-1-3-5-9/h1-7H,8H2,(H,14,15). The van der Waals surface area contributed by atoms with Gasteiger partial charge in [-0.3, -0.25) is 4.79 Å². The summed E-state index contributed by atoms with van der Waals surface area (Å²) < 4.78 is 1.05. The Kier molecular flexibility index (Phi) is 3.74. The van der Waals surface area contributed by atoms with Gasteiger partial charge in [0, 0.05) is 14.9 Å². The summed E-state index contributed by atoms with van der Waals surface area (Å²) in [6.45, 7) is 0.561. The molecular weight excluding hydrogens is 286 g/mol. The van der Waals surface area contributed by atoms with Crippen molar-refractivity contribution in [2.45, 2.75) is 6.54 Å². The number of carbonyl (C=O) groups excluding carboxylic acids is 1. The third-order valence-corrected chi connectivity index (χ3v) is 4.06. The fraction of sp³-hybridized carbons (Fsp3) is 0.0833. The van der Waals surface area contributed by atoms with Gasteiger partial charge in [0.2, 0.25) is 0 Å². The first kappa shape index (κ1) is 11.4. The molecule has 1 heterocycles. The van der Waals surface area contributed by atoms with E-state index in [2.05, 4.69) is 21.2 Å². The number of thiophene rings is 1. The van der Waals surface area contributed by atoms with Crippen LogP contribution in [0.15, 0.2) is 46.3 Å². The second-order valence-electron chi connectivity index (χ2n) is 3.24. The van der Waals surface area contributed by atoms with Crippen molar-refractivity contribution in [3.63, 3.8) is 0 Å². The van der Waals surface area contributed by atoms with Crippen LogP contribution in [0.1, 0.15) is 15.2 Å². The number of halogens is 1. The van der Waals surface area contributed by atoms with Gasteiger partial charge in [0.05, 0.1) is 6.54 Å². The van der Waals surface area contributed by atoms with Crippen LogP contribution in [-0.2, 0) is 6.54 Å². The van der Waals surface area contributed by atoms with Crippen molar-refractivity contribution in [2.24, 2.45) is 0 Å². The molecule has 0 spiro atoms. The van der Waals surface area contributed by atoms with Crippen LogP contribution in [0.5, 0.6) is 0 Å². The van der Waals surface area contributed by atoms with E-state index in [0.29, 0.717) is 12.1 Å². The summed E-state index contributed by atoms with van der Waals surface area (Å²) in [5.41, 5.74) is 0.690. The van der Waals surface area contributed by atoms with Crippen molar-refractivity contribution in [3.05, 3.63) is 56.7 Å². The number of hydrogen-bond acceptors (Lipinski definition) is 2. The molecule has 2 aromatic rings. The highest BCUT2D eigenvalue weighted by atomic mass is 79.9. The smallest absolute Gasteiger partial charge is 0.251 e. The Hall–Kier alpha value is -1.13. The largest absolute Gasteiger partial charge is 0.347 e. The highest BCUT2D eigenvalue weighted by Crippen LogP contribution is 2.22. The van der Waals surface area contributed by atoms with Crippen LogP contribution in [0, 0.1) is 0 Å². The SMILES string of the molecule is O=C(NCc1sccc1Br)c1ccccc1. The molecular formula is C12H10BrNOS. The van der Waals surface area contributed by atoms with Gasteiger partial charge >= 0.3 is 0 Å². The molecule has 1 amide bonds. The maximum absolute atomic E-state index is 11.7. The molecule has 0 unspecified atom stereocenters. The molecule has 0 fully saturated rings. The first-order valence-corrected chi connectivity index (χ1v) is 6.50. The average molecular weight is 296 g/mol. The molecule has 2 nitrogen and oxygen atoms in total. The molecule has 2 rings (SSSR count). The highest BCUT2D eigenvalue weighted by molar-refractivity contribution is 9.10. The summed E-state index contributed by atoms with van der Waals surface area (Å²) in [7, 11) is 0. The summed E-state index contributed by atoms with van der Waals surface area (Å²) in [6.07, 6.45) is 0. The Morgan fingerprint density at radius 2 is 2.00 bits per heavy atom. The van der Waals surface area contributed by atoms with E-state index in [9.17, 15) is 4.79 Å². The Labute approximate surface area is 106 Å². The van der Waals surface area contributed by atoms with Gasteiger partial charge in [-0.1, -0.05) is 18.2 Å². The third kappa shape index (κ3) is 2.71. The van der Waals surface area contributed by atoms with E-state index >= 15 is 0 Å². The average Bonchev–Trinajstić information content (AvgIpc) is 2.73. The summed E-state index contributed by atoms with van der Waals surface area (Å²) >= 11 is 5.06. The first-order chi connectivity index (χ1) is 7.77. The van der Waals surface area contributed by atoms with Gasteiger partial charge in [0.1, 0.15) is 0 Å². The molecule has 0 aliphatic rings. The van der Waals surface area contributed by atoms with Crippen molar-refractivity contribution in [1.82, 2.24) is 5.32 Å². The van der Waals surface area contributed by atoms with Gasteiger partial charge in [-0.05, 0) is 39.5 Å². The molecule has 1 aromatic carbocycles. The monoisotopic (exact) mass is 295 g/mol. The lowest BCUT2D eigenvalue weighted by molar-refractivity contribution is 0.0951. The number of amides is 1. The van der Waals surface area contributed by atoms with Crippen LogP contribution in [0.2, 0.25) is 0 Å². The lowest BCUT2D eigenvalue weighted by Crippen LogP contribution is -2.22. The van der Waals surface area contributed by atoms with Gasteiger partial charge < -0.3 is 5.32 Å². The molecule has 1 aromatic heterocycles. The zero-order chi connectivity index (χ0) is 11.4. The molecule has 0 radical (unpaired) electrons. The molecule has 0 aliphatic heterocycles. The van der Waals surface area contributed by atoms with Crippen molar-refractivity contribution in [3.8, 4) is 0 Å². The third-order valence-electron chi connectivity index (χ3n) is 2.14. The van der Waals surface area contributed by atoms with Gasteiger partial charge in [0.25, 0.3) is 5.91 Å². The lowest BCUT2D eigenvalue weighted by atomic mass is 10.2. The molecule has 0 bridgehead atoms. The molecule has 16 heavy (non-hydrogen) atoms. The first-order valence-electron chi connectivity index (χ1n) is 4.82. The Balaban J connectivity index is 1.97. The zero-order valence-electron chi connectivity index (χ0n) is 8.44. The van der Waals surface area contributed by atoms with Gasteiger partial charge in [-0.25, -0.2) is 0 Å². The second kappa shape index (κ2) is 5.27. The van der Waals surface area contributed by atoms with Crippen molar-refractivity contribution < 1.29 is 4.79 Å². The fourth-order valence-electron chi connectivity index (χ4n) is 1.30. The van der Waals surface area contributed by atoms with Crippen LogP contribution in [0.4, 0.5) is 0 Å². The highest BCUT2D eigenvalue weighted by Gasteiger charge is 2.06. The summed E-state index contributed by atoms with van der Waals surface area (Å²) in [4.78, 5) is 12.9. The minimum absolute atomic E-state index is 0.0408. The van der Waals surface area contributed by atoms with Crippen LogP contribution < -0.4 is 5.32 Å². The van der Waals surface area contributed by atoms with Crippen molar-refractivity contribution in [2.75, 3.05) is 0 Å². The molecule has 0 aliphatic carbocycles. The van der Waals surface area contributed by atoms with E-state index in [4.69, 9.17) is 0 Å². The van der Waals surface area contributed by atoms with E-state index in [1.165, 1.54) is 0 Å². The normalized spacial score (nSPS) is 10.1. The lowest BCUT2D eigenvalue weighted by Gasteiger charge is -2.03. The predicted octanol–water partition coefficient (Wildman–Crippen LogP) is 3.44. The maximum atomic E-state index is 11.7. The summed E-state index contributed by atoms with van der Waals surface area (Å²) in [5.74, 6) is -0.0408. The Morgan fingerprint density at radius 1 is 1.25 bits per heavy atom. The van der Waals surface area contributed by atoms with Crippen molar-refractivity contribution >= 4 is 33.2 Å². The van der Waals surface area contributed by atoms with E-state index < -0.39 is 0 Å².